The summed E-state index contributed by atoms with van der Waals surface area (Å²) in [5, 5.41) is 0. The number of benzene rings is 1. The predicted octanol–water partition coefficient (Wildman–Crippen LogP) is 3.13. The number of para-hydroxylation sites is 1. The van der Waals surface area contributed by atoms with Crippen molar-refractivity contribution >= 4 is 17.8 Å². The lowest BCUT2D eigenvalue weighted by molar-refractivity contribution is -0.125. The number of carbonyl (C=O) groups is 1. The molecule has 0 saturated carbocycles. The lowest BCUT2D eigenvalue weighted by Gasteiger charge is -2.19. The average molecular weight is 355 g/mol. The molecule has 0 radical (unpaired) electrons. The van der Waals surface area contributed by atoms with Crippen molar-refractivity contribution < 1.29 is 14.3 Å². The minimum absolute atomic E-state index is 0.119. The van der Waals surface area contributed by atoms with Crippen molar-refractivity contribution in [3.05, 3.63) is 53.7 Å². The average Bonchev–Trinajstić information content (AvgIpc) is 2.66. The number of nitrogen functional groups attached to an aromatic ring is 1. The Hall–Kier alpha value is -3.02. The fraction of sp³-hybridized carbons (Fsp3) is 0.300. The van der Waals surface area contributed by atoms with Crippen LogP contribution in [0.2, 0.25) is 0 Å². The minimum atomic E-state index is -0.119. The maximum atomic E-state index is 12.4. The van der Waals surface area contributed by atoms with Gasteiger partial charge in [-0.3, -0.25) is 4.79 Å². The molecule has 0 atom stereocenters. The number of likely N-dealkylation sites (N-methyl/N-ethyl adjacent to an activating group) is 1. The number of nitrogens with two attached hydrogens (primary N) is 1. The minimum Gasteiger partial charge on any atom is -0.493 e. The topological polar surface area (TPSA) is 77.7 Å². The summed E-state index contributed by atoms with van der Waals surface area (Å²) in [7, 11) is 3.35. The van der Waals surface area contributed by atoms with E-state index in [9.17, 15) is 4.79 Å². The molecular formula is C20H25N3O3. The molecular weight excluding hydrogens is 330 g/mol. The van der Waals surface area contributed by atoms with Crippen LogP contribution in [0.1, 0.15) is 24.5 Å². The molecule has 0 fully saturated rings. The SMILES string of the molecule is CCCOc1c(CN(C)C(=O)/C=C/c2ccc(N)nc2)cccc1OC. The Morgan fingerprint density at radius 1 is 1.31 bits per heavy atom. The zero-order chi connectivity index (χ0) is 18.9. The molecule has 138 valence electrons. The van der Waals surface area contributed by atoms with Gasteiger partial charge in [0.2, 0.25) is 5.91 Å². The first-order valence-corrected chi connectivity index (χ1v) is 8.48. The third-order valence-corrected chi connectivity index (χ3v) is 3.74. The summed E-state index contributed by atoms with van der Waals surface area (Å²) < 4.78 is 11.2. The first-order valence-electron chi connectivity index (χ1n) is 8.48. The van der Waals surface area contributed by atoms with E-state index in [4.69, 9.17) is 15.2 Å². The highest BCUT2D eigenvalue weighted by atomic mass is 16.5. The van der Waals surface area contributed by atoms with Crippen LogP contribution in [0.5, 0.6) is 11.5 Å². The lowest BCUT2D eigenvalue weighted by atomic mass is 10.1. The Labute approximate surface area is 154 Å². The molecule has 2 N–H and O–H groups in total. The van der Waals surface area contributed by atoms with Gasteiger partial charge in [0.15, 0.2) is 11.5 Å². The molecule has 2 rings (SSSR count). The number of rotatable bonds is 8. The van der Waals surface area contributed by atoms with Gasteiger partial charge < -0.3 is 20.1 Å². The van der Waals surface area contributed by atoms with Crippen LogP contribution >= 0.6 is 0 Å². The molecule has 0 saturated heterocycles. The monoisotopic (exact) mass is 355 g/mol. The zero-order valence-electron chi connectivity index (χ0n) is 15.4. The molecule has 0 unspecified atom stereocenters. The van der Waals surface area contributed by atoms with E-state index < -0.39 is 0 Å². The van der Waals surface area contributed by atoms with E-state index in [1.807, 2.05) is 31.2 Å². The molecule has 1 heterocycles. The van der Waals surface area contributed by atoms with Crippen molar-refractivity contribution in [2.24, 2.45) is 0 Å². The Kier molecular flexibility index (Phi) is 7.02. The Morgan fingerprint density at radius 3 is 2.77 bits per heavy atom. The van der Waals surface area contributed by atoms with Crippen LogP contribution in [0.25, 0.3) is 6.08 Å². The highest BCUT2D eigenvalue weighted by molar-refractivity contribution is 5.91. The lowest BCUT2D eigenvalue weighted by Crippen LogP contribution is -2.24. The van der Waals surface area contributed by atoms with Gasteiger partial charge in [0.05, 0.1) is 13.7 Å². The number of methoxy groups -OCH3 is 1. The van der Waals surface area contributed by atoms with E-state index in [0.29, 0.717) is 30.5 Å². The smallest absolute Gasteiger partial charge is 0.246 e. The molecule has 0 bridgehead atoms. The van der Waals surface area contributed by atoms with Crippen LogP contribution in [0.4, 0.5) is 5.82 Å². The van der Waals surface area contributed by atoms with E-state index >= 15 is 0 Å². The highest BCUT2D eigenvalue weighted by Gasteiger charge is 2.14. The van der Waals surface area contributed by atoms with E-state index in [-0.39, 0.29) is 5.91 Å². The first-order chi connectivity index (χ1) is 12.5. The normalized spacial score (nSPS) is 10.7. The van der Waals surface area contributed by atoms with Crippen LogP contribution in [0.15, 0.2) is 42.6 Å². The van der Waals surface area contributed by atoms with E-state index in [2.05, 4.69) is 4.98 Å². The van der Waals surface area contributed by atoms with Crippen LogP contribution < -0.4 is 15.2 Å². The highest BCUT2D eigenvalue weighted by Crippen LogP contribution is 2.32. The molecule has 1 amide bonds. The molecule has 2 aromatic rings. The molecule has 6 heteroatoms. The van der Waals surface area contributed by atoms with Gasteiger partial charge >= 0.3 is 0 Å². The molecule has 6 nitrogen and oxygen atoms in total. The molecule has 1 aromatic carbocycles. The van der Waals surface area contributed by atoms with E-state index in [1.54, 1.807) is 37.4 Å². The number of pyridine rings is 1. The van der Waals surface area contributed by atoms with Gasteiger partial charge in [-0.2, -0.15) is 0 Å². The van der Waals surface area contributed by atoms with Crippen LogP contribution in [0.3, 0.4) is 0 Å². The van der Waals surface area contributed by atoms with Crippen molar-refractivity contribution in [2.75, 3.05) is 26.5 Å². The van der Waals surface area contributed by atoms with Crippen molar-refractivity contribution in [2.45, 2.75) is 19.9 Å². The number of amides is 1. The first kappa shape index (κ1) is 19.3. The maximum absolute atomic E-state index is 12.4. The van der Waals surface area contributed by atoms with Crippen LogP contribution in [-0.2, 0) is 11.3 Å². The number of hydrogen-bond acceptors (Lipinski definition) is 5. The predicted molar refractivity (Wildman–Crippen MR) is 103 cm³/mol. The summed E-state index contributed by atoms with van der Waals surface area (Å²) in [6, 6.07) is 9.18. The summed E-state index contributed by atoms with van der Waals surface area (Å²) in [5.74, 6) is 1.68. The third kappa shape index (κ3) is 5.24. The zero-order valence-corrected chi connectivity index (χ0v) is 15.4. The summed E-state index contributed by atoms with van der Waals surface area (Å²) in [6.07, 6.45) is 5.74. The van der Waals surface area contributed by atoms with Crippen molar-refractivity contribution in [3.8, 4) is 11.5 Å². The van der Waals surface area contributed by atoms with Crippen molar-refractivity contribution in [1.82, 2.24) is 9.88 Å². The number of anilines is 1. The van der Waals surface area contributed by atoms with Gasteiger partial charge in [0, 0.05) is 31.4 Å². The molecule has 0 spiro atoms. The molecule has 0 aliphatic heterocycles. The number of aromatic nitrogens is 1. The van der Waals surface area contributed by atoms with E-state index in [1.165, 1.54) is 6.08 Å². The van der Waals surface area contributed by atoms with Gasteiger partial charge in [0.1, 0.15) is 5.82 Å². The standard InChI is InChI=1S/C20H25N3O3/c1-4-12-26-20-16(6-5-7-17(20)25-3)14-23(2)19(24)11-9-15-8-10-18(21)22-13-15/h5-11,13H,4,12,14H2,1-3H3,(H2,21,22)/b11-9+. The number of hydrogen-bond donors (Lipinski definition) is 1. The molecule has 1 aromatic heterocycles. The van der Waals surface area contributed by atoms with Gasteiger partial charge in [0.25, 0.3) is 0 Å². The van der Waals surface area contributed by atoms with Crippen molar-refractivity contribution in [1.29, 1.82) is 0 Å². The largest absolute Gasteiger partial charge is 0.493 e. The second-order valence-electron chi connectivity index (χ2n) is 5.84. The summed E-state index contributed by atoms with van der Waals surface area (Å²) >= 11 is 0. The van der Waals surface area contributed by atoms with Crippen LogP contribution in [0, 0.1) is 0 Å². The van der Waals surface area contributed by atoms with Gasteiger partial charge in [-0.25, -0.2) is 4.98 Å². The third-order valence-electron chi connectivity index (χ3n) is 3.74. The Balaban J connectivity index is 2.09. The molecule has 26 heavy (non-hydrogen) atoms. The van der Waals surface area contributed by atoms with Gasteiger partial charge in [-0.05, 0) is 36.3 Å². The Morgan fingerprint density at radius 2 is 2.12 bits per heavy atom. The van der Waals surface area contributed by atoms with Crippen LogP contribution in [-0.4, -0.2) is 36.6 Å². The number of carbonyl (C=O) groups excluding carboxylic acids is 1. The number of ether oxygens (including phenoxy) is 2. The van der Waals surface area contributed by atoms with Gasteiger partial charge in [-0.1, -0.05) is 19.1 Å². The maximum Gasteiger partial charge on any atom is 0.246 e. The second-order valence-corrected chi connectivity index (χ2v) is 5.84. The second kappa shape index (κ2) is 9.46. The van der Waals surface area contributed by atoms with Gasteiger partial charge in [-0.15, -0.1) is 0 Å². The Bertz CT molecular complexity index is 757. The fourth-order valence-corrected chi connectivity index (χ4v) is 2.36. The summed E-state index contributed by atoms with van der Waals surface area (Å²) in [4.78, 5) is 18.0. The van der Waals surface area contributed by atoms with Crippen molar-refractivity contribution in [3.63, 3.8) is 0 Å². The fourth-order valence-electron chi connectivity index (χ4n) is 2.36. The quantitative estimate of drug-likeness (QED) is 0.736. The van der Waals surface area contributed by atoms with E-state index in [0.717, 1.165) is 17.5 Å². The summed E-state index contributed by atoms with van der Waals surface area (Å²) in [5.41, 5.74) is 7.27. The summed E-state index contributed by atoms with van der Waals surface area (Å²) in [6.45, 7) is 3.05. The number of nitrogens with zero attached hydrogens (tertiary/aromatic N) is 2. The molecule has 0 aliphatic carbocycles. The molecule has 0 aliphatic rings.